The number of benzene rings is 3. The number of methoxy groups -OCH3 is 1. The van der Waals surface area contributed by atoms with E-state index >= 15 is 0 Å². The van der Waals surface area contributed by atoms with Gasteiger partial charge in [0.1, 0.15) is 22.2 Å². The molecule has 0 saturated heterocycles. The van der Waals surface area contributed by atoms with Crippen LogP contribution in [-0.2, 0) is 5.72 Å². The van der Waals surface area contributed by atoms with Gasteiger partial charge in [0, 0.05) is 17.4 Å². The van der Waals surface area contributed by atoms with E-state index in [-0.39, 0.29) is 11.7 Å². The molecule has 1 atom stereocenters. The SMILES string of the molecule is CCC(NC(=O)c1scnc1C)(Oc1ccc2c(cnn2-c2ccc(F)cc2)c1)c1cccc(OC)c1. The molecule has 0 aliphatic heterocycles. The summed E-state index contributed by atoms with van der Waals surface area (Å²) >= 11 is 1.28. The fraction of sp³-hybridized carbons (Fsp3) is 0.179. The Morgan fingerprint density at radius 2 is 1.92 bits per heavy atom. The van der Waals surface area contributed by atoms with Crippen molar-refractivity contribution in [2.75, 3.05) is 7.11 Å². The average molecular weight is 517 g/mol. The van der Waals surface area contributed by atoms with E-state index in [0.29, 0.717) is 28.5 Å². The zero-order valence-electron chi connectivity index (χ0n) is 20.6. The highest BCUT2D eigenvalue weighted by molar-refractivity contribution is 7.11. The zero-order chi connectivity index (χ0) is 26.0. The van der Waals surface area contributed by atoms with Gasteiger partial charge in [0.15, 0.2) is 0 Å². The molecule has 3 aromatic carbocycles. The first-order chi connectivity index (χ1) is 17.9. The van der Waals surface area contributed by atoms with Crippen LogP contribution in [0.25, 0.3) is 16.6 Å². The highest BCUT2D eigenvalue weighted by Crippen LogP contribution is 2.34. The Labute approximate surface area is 217 Å². The average Bonchev–Trinajstić information content (AvgIpc) is 3.54. The molecule has 0 saturated carbocycles. The molecule has 0 spiro atoms. The maximum Gasteiger partial charge on any atom is 0.266 e. The summed E-state index contributed by atoms with van der Waals surface area (Å²) in [6, 6.07) is 19.2. The normalized spacial score (nSPS) is 12.8. The van der Waals surface area contributed by atoms with Crippen molar-refractivity contribution in [3.8, 4) is 17.2 Å². The van der Waals surface area contributed by atoms with E-state index in [2.05, 4.69) is 15.4 Å². The molecule has 0 fully saturated rings. The third-order valence-corrected chi connectivity index (χ3v) is 7.13. The maximum absolute atomic E-state index is 13.4. The van der Waals surface area contributed by atoms with Gasteiger partial charge in [-0.15, -0.1) is 11.3 Å². The van der Waals surface area contributed by atoms with Crippen molar-refractivity contribution >= 4 is 28.1 Å². The van der Waals surface area contributed by atoms with Crippen LogP contribution in [0.2, 0.25) is 0 Å². The first-order valence-corrected chi connectivity index (χ1v) is 12.6. The Balaban J connectivity index is 1.54. The molecule has 0 aliphatic rings. The Morgan fingerprint density at radius 3 is 2.62 bits per heavy atom. The molecule has 0 aliphatic carbocycles. The van der Waals surface area contributed by atoms with Crippen molar-refractivity contribution in [1.29, 1.82) is 0 Å². The predicted octanol–water partition coefficient (Wildman–Crippen LogP) is 6.01. The number of fused-ring (bicyclic) bond motifs is 1. The number of halogens is 1. The predicted molar refractivity (Wildman–Crippen MR) is 141 cm³/mol. The molecule has 1 amide bonds. The van der Waals surface area contributed by atoms with Crippen molar-refractivity contribution < 1.29 is 18.7 Å². The molecular weight excluding hydrogens is 491 g/mol. The highest BCUT2D eigenvalue weighted by Gasteiger charge is 2.36. The van der Waals surface area contributed by atoms with Crippen LogP contribution in [0.15, 0.2) is 78.4 Å². The summed E-state index contributed by atoms with van der Waals surface area (Å²) in [6.45, 7) is 3.75. The number of hydrogen-bond donors (Lipinski definition) is 1. The summed E-state index contributed by atoms with van der Waals surface area (Å²) in [5, 5.41) is 8.43. The number of thiazole rings is 1. The van der Waals surface area contributed by atoms with Gasteiger partial charge in [-0.25, -0.2) is 14.1 Å². The van der Waals surface area contributed by atoms with Crippen LogP contribution in [0.5, 0.6) is 11.5 Å². The summed E-state index contributed by atoms with van der Waals surface area (Å²) in [5.74, 6) is 0.630. The van der Waals surface area contributed by atoms with Gasteiger partial charge in [0.25, 0.3) is 5.91 Å². The molecule has 37 heavy (non-hydrogen) atoms. The second-order valence-electron chi connectivity index (χ2n) is 8.49. The second-order valence-corrected chi connectivity index (χ2v) is 9.34. The van der Waals surface area contributed by atoms with Crippen molar-refractivity contribution in [1.82, 2.24) is 20.1 Å². The number of rotatable bonds is 8. The summed E-state index contributed by atoms with van der Waals surface area (Å²) in [6.07, 6.45) is 2.17. The molecule has 2 heterocycles. The van der Waals surface area contributed by atoms with Crippen LogP contribution in [0, 0.1) is 12.7 Å². The number of amides is 1. The van der Waals surface area contributed by atoms with E-state index in [9.17, 15) is 9.18 Å². The third kappa shape index (κ3) is 4.77. The van der Waals surface area contributed by atoms with E-state index in [4.69, 9.17) is 9.47 Å². The van der Waals surface area contributed by atoms with Crippen molar-refractivity contribution in [2.24, 2.45) is 0 Å². The van der Waals surface area contributed by atoms with Crippen LogP contribution >= 0.6 is 11.3 Å². The largest absolute Gasteiger partial charge is 0.497 e. The number of nitrogens with zero attached hydrogens (tertiary/aromatic N) is 3. The first kappa shape index (κ1) is 24.5. The summed E-state index contributed by atoms with van der Waals surface area (Å²) < 4.78 is 27.2. The van der Waals surface area contributed by atoms with Gasteiger partial charge < -0.3 is 14.8 Å². The molecule has 188 valence electrons. The van der Waals surface area contributed by atoms with Gasteiger partial charge in [-0.3, -0.25) is 4.79 Å². The Kier molecular flexibility index (Phi) is 6.62. The standard InChI is InChI=1S/C28H25FN4O3S/c1-4-28(20-6-5-7-23(15-20)35-3,32-27(34)26-18(2)30-17-37-26)36-24-12-13-25-19(14-24)16-31-33(25)22-10-8-21(29)9-11-22/h5-17H,4H2,1-3H3,(H,32,34). The Morgan fingerprint density at radius 1 is 1.11 bits per heavy atom. The monoisotopic (exact) mass is 516 g/mol. The number of carbonyl (C=O) groups excluding carboxylic acids is 1. The Hall–Kier alpha value is -4.24. The quantitative estimate of drug-likeness (QED) is 0.256. The number of ether oxygens (including phenoxy) is 2. The number of aromatic nitrogens is 3. The minimum Gasteiger partial charge on any atom is -0.497 e. The number of carbonyl (C=O) groups is 1. The van der Waals surface area contributed by atoms with Gasteiger partial charge in [0.05, 0.1) is 35.7 Å². The zero-order valence-corrected chi connectivity index (χ0v) is 21.4. The molecule has 1 N–H and O–H groups in total. The molecule has 7 nitrogen and oxygen atoms in total. The first-order valence-electron chi connectivity index (χ1n) is 11.7. The van der Waals surface area contributed by atoms with Crippen LogP contribution in [0.1, 0.15) is 34.3 Å². The lowest BCUT2D eigenvalue weighted by Gasteiger charge is -2.35. The maximum atomic E-state index is 13.4. The number of aryl methyl sites for hydroxylation is 1. The lowest BCUT2D eigenvalue weighted by atomic mass is 9.98. The van der Waals surface area contributed by atoms with Gasteiger partial charge in [-0.2, -0.15) is 5.10 Å². The van der Waals surface area contributed by atoms with Crippen LogP contribution < -0.4 is 14.8 Å². The minimum absolute atomic E-state index is 0.269. The van der Waals surface area contributed by atoms with E-state index in [1.807, 2.05) is 49.4 Å². The van der Waals surface area contributed by atoms with E-state index in [1.54, 1.807) is 42.6 Å². The van der Waals surface area contributed by atoms with E-state index in [1.165, 1.54) is 23.5 Å². The summed E-state index contributed by atoms with van der Waals surface area (Å²) in [5.41, 5.74) is 3.46. The third-order valence-electron chi connectivity index (χ3n) is 6.20. The van der Waals surface area contributed by atoms with Crippen LogP contribution in [0.3, 0.4) is 0 Å². The fourth-order valence-corrected chi connectivity index (χ4v) is 4.92. The van der Waals surface area contributed by atoms with Crippen molar-refractivity contribution in [2.45, 2.75) is 26.0 Å². The lowest BCUT2D eigenvalue weighted by Crippen LogP contribution is -2.50. The van der Waals surface area contributed by atoms with Crippen molar-refractivity contribution in [3.05, 3.63) is 100 Å². The Bertz CT molecular complexity index is 1560. The van der Waals surface area contributed by atoms with E-state index in [0.717, 1.165) is 22.2 Å². The van der Waals surface area contributed by atoms with E-state index < -0.39 is 5.72 Å². The number of nitrogens with one attached hydrogen (secondary N) is 1. The van der Waals surface area contributed by atoms with Crippen molar-refractivity contribution in [3.63, 3.8) is 0 Å². The van der Waals surface area contributed by atoms with Gasteiger partial charge >= 0.3 is 0 Å². The smallest absolute Gasteiger partial charge is 0.266 e. The molecule has 0 radical (unpaired) electrons. The minimum atomic E-state index is -1.18. The van der Waals surface area contributed by atoms with Gasteiger partial charge in [0.2, 0.25) is 5.72 Å². The van der Waals surface area contributed by atoms with Crippen LogP contribution in [-0.4, -0.2) is 27.8 Å². The lowest BCUT2D eigenvalue weighted by molar-refractivity contribution is 0.0231. The second kappa shape index (κ2) is 10.0. The molecule has 9 heteroatoms. The van der Waals surface area contributed by atoms with Gasteiger partial charge in [-0.1, -0.05) is 19.1 Å². The highest BCUT2D eigenvalue weighted by atomic mass is 32.1. The topological polar surface area (TPSA) is 78.3 Å². The molecule has 2 aromatic heterocycles. The summed E-state index contributed by atoms with van der Waals surface area (Å²) in [4.78, 5) is 18.1. The van der Waals surface area contributed by atoms with Crippen LogP contribution in [0.4, 0.5) is 4.39 Å². The molecule has 0 bridgehead atoms. The fourth-order valence-electron chi connectivity index (χ4n) is 4.22. The molecule has 5 rings (SSSR count). The molecule has 5 aromatic rings. The van der Waals surface area contributed by atoms with Gasteiger partial charge in [-0.05, 0) is 61.5 Å². The molecule has 1 unspecified atom stereocenters. The number of hydrogen-bond acceptors (Lipinski definition) is 6. The summed E-state index contributed by atoms with van der Waals surface area (Å²) in [7, 11) is 1.60. The molecular formula is C28H25FN4O3S.